The molecule has 4 heteroatoms. The Morgan fingerprint density at radius 2 is 1.89 bits per heavy atom. The van der Waals surface area contributed by atoms with Gasteiger partial charge in [0.15, 0.2) is 0 Å². The van der Waals surface area contributed by atoms with E-state index in [2.05, 4.69) is 33.9 Å². The third-order valence-electron chi connectivity index (χ3n) is 2.67. The van der Waals surface area contributed by atoms with E-state index in [0.717, 1.165) is 31.9 Å². The molecule has 1 aliphatic heterocycles. The van der Waals surface area contributed by atoms with Gasteiger partial charge in [0.1, 0.15) is 0 Å². The van der Waals surface area contributed by atoms with Crippen LogP contribution in [0.1, 0.15) is 19.5 Å². The van der Waals surface area contributed by atoms with Crippen molar-refractivity contribution in [3.63, 3.8) is 0 Å². The second-order valence-corrected chi connectivity index (χ2v) is 5.12. The molecule has 100 valence electrons. The Hall–Kier alpha value is -0.840. The molecule has 0 spiro atoms. The Balaban J connectivity index is 0.000000771. The normalized spacial score (nSPS) is 16.8. The standard InChI is InChI=1S/C12H17N3S.C2H6/c1-3-11-4-5-12(10-13-11)16-15-8-6-14(2)7-9-15;1-2/h3-5,10H,1,6-9H2,2H3;1-2H3. The van der Waals surface area contributed by atoms with Gasteiger partial charge in [-0.2, -0.15) is 0 Å². The van der Waals surface area contributed by atoms with E-state index < -0.39 is 0 Å². The first-order valence-corrected chi connectivity index (χ1v) is 7.25. The molecule has 0 saturated carbocycles. The molecule has 0 aliphatic carbocycles. The Morgan fingerprint density at radius 3 is 2.39 bits per heavy atom. The van der Waals surface area contributed by atoms with Crippen molar-refractivity contribution in [2.24, 2.45) is 0 Å². The minimum absolute atomic E-state index is 0.933. The maximum atomic E-state index is 4.30. The molecular formula is C14H23N3S. The molecule has 3 nitrogen and oxygen atoms in total. The highest BCUT2D eigenvalue weighted by molar-refractivity contribution is 7.97. The van der Waals surface area contributed by atoms with Gasteiger partial charge in [-0.15, -0.1) is 0 Å². The van der Waals surface area contributed by atoms with Gasteiger partial charge in [0.05, 0.1) is 5.69 Å². The van der Waals surface area contributed by atoms with Crippen LogP contribution in [0.4, 0.5) is 0 Å². The van der Waals surface area contributed by atoms with E-state index in [1.807, 2.05) is 26.1 Å². The third-order valence-corrected chi connectivity index (χ3v) is 3.74. The highest BCUT2D eigenvalue weighted by Gasteiger charge is 2.14. The van der Waals surface area contributed by atoms with Crippen molar-refractivity contribution in [1.29, 1.82) is 0 Å². The fourth-order valence-corrected chi connectivity index (χ4v) is 2.47. The molecule has 0 radical (unpaired) electrons. The molecule has 2 rings (SSSR count). The van der Waals surface area contributed by atoms with Crippen LogP contribution >= 0.6 is 11.9 Å². The molecule has 2 heterocycles. The van der Waals surface area contributed by atoms with Crippen molar-refractivity contribution in [2.75, 3.05) is 33.2 Å². The fourth-order valence-electron chi connectivity index (χ4n) is 1.59. The lowest BCUT2D eigenvalue weighted by Crippen LogP contribution is -2.40. The summed E-state index contributed by atoms with van der Waals surface area (Å²) in [7, 11) is 2.17. The van der Waals surface area contributed by atoms with Gasteiger partial charge in [0.2, 0.25) is 0 Å². The highest BCUT2D eigenvalue weighted by Crippen LogP contribution is 2.22. The second kappa shape index (κ2) is 8.29. The highest BCUT2D eigenvalue weighted by atomic mass is 32.2. The van der Waals surface area contributed by atoms with Crippen molar-refractivity contribution in [1.82, 2.24) is 14.2 Å². The van der Waals surface area contributed by atoms with Crippen molar-refractivity contribution >= 4 is 18.0 Å². The molecule has 1 aliphatic rings. The zero-order valence-corrected chi connectivity index (χ0v) is 12.4. The van der Waals surface area contributed by atoms with Crippen LogP contribution in [-0.2, 0) is 0 Å². The van der Waals surface area contributed by atoms with Crippen LogP contribution in [0, 0.1) is 0 Å². The number of hydrogen-bond donors (Lipinski definition) is 0. The Morgan fingerprint density at radius 1 is 1.22 bits per heavy atom. The topological polar surface area (TPSA) is 19.4 Å². The summed E-state index contributed by atoms with van der Waals surface area (Å²) < 4.78 is 2.39. The maximum absolute atomic E-state index is 4.30. The lowest BCUT2D eigenvalue weighted by atomic mass is 10.3. The largest absolute Gasteiger partial charge is 0.304 e. The van der Waals surface area contributed by atoms with Gasteiger partial charge in [-0.3, -0.25) is 4.98 Å². The van der Waals surface area contributed by atoms with E-state index in [1.165, 1.54) is 4.90 Å². The van der Waals surface area contributed by atoms with Crippen LogP contribution in [0.3, 0.4) is 0 Å². The predicted octanol–water partition coefficient (Wildman–Crippen LogP) is 3.01. The Labute approximate surface area is 115 Å². The summed E-state index contributed by atoms with van der Waals surface area (Å²) in [6, 6.07) is 4.11. The number of nitrogens with zero attached hydrogens (tertiary/aromatic N) is 3. The number of pyridine rings is 1. The van der Waals surface area contributed by atoms with Gasteiger partial charge in [-0.25, -0.2) is 4.31 Å². The molecule has 0 bridgehead atoms. The minimum atomic E-state index is 0.933. The maximum Gasteiger partial charge on any atom is 0.0624 e. The number of aromatic nitrogens is 1. The van der Waals surface area contributed by atoms with E-state index >= 15 is 0 Å². The SMILES string of the molecule is C=Cc1ccc(SN2CCN(C)CC2)cn1.CC. The van der Waals surface area contributed by atoms with E-state index in [1.54, 1.807) is 18.0 Å². The van der Waals surface area contributed by atoms with E-state index in [0.29, 0.717) is 0 Å². The average molecular weight is 265 g/mol. The quantitative estimate of drug-likeness (QED) is 0.782. The Kier molecular flexibility index (Phi) is 7.01. The number of likely N-dealkylation sites (N-methyl/N-ethyl adjacent to an activating group) is 1. The van der Waals surface area contributed by atoms with Gasteiger partial charge in [-0.05, 0) is 37.2 Å². The molecule has 1 saturated heterocycles. The van der Waals surface area contributed by atoms with Crippen molar-refractivity contribution in [3.8, 4) is 0 Å². The fraction of sp³-hybridized carbons (Fsp3) is 0.500. The van der Waals surface area contributed by atoms with Crippen LogP contribution < -0.4 is 0 Å². The molecule has 0 amide bonds. The molecule has 1 aromatic rings. The summed E-state index contributed by atoms with van der Waals surface area (Å²) in [5.41, 5.74) is 0.933. The smallest absolute Gasteiger partial charge is 0.0624 e. The molecule has 0 N–H and O–H groups in total. The first-order valence-electron chi connectivity index (χ1n) is 6.48. The van der Waals surface area contributed by atoms with E-state index in [-0.39, 0.29) is 0 Å². The van der Waals surface area contributed by atoms with E-state index in [9.17, 15) is 0 Å². The number of rotatable bonds is 3. The summed E-state index contributed by atoms with van der Waals surface area (Å²) in [6.07, 6.45) is 3.68. The summed E-state index contributed by atoms with van der Waals surface area (Å²) in [5.74, 6) is 0. The number of piperazine rings is 1. The van der Waals surface area contributed by atoms with Gasteiger partial charge >= 0.3 is 0 Å². The van der Waals surface area contributed by atoms with Crippen LogP contribution in [-0.4, -0.2) is 47.4 Å². The van der Waals surface area contributed by atoms with Crippen molar-refractivity contribution in [2.45, 2.75) is 18.7 Å². The molecule has 0 unspecified atom stereocenters. The monoisotopic (exact) mass is 265 g/mol. The average Bonchev–Trinajstić information content (AvgIpc) is 2.44. The summed E-state index contributed by atoms with van der Waals surface area (Å²) in [6.45, 7) is 12.2. The van der Waals surface area contributed by atoms with Gasteiger partial charge in [0.25, 0.3) is 0 Å². The van der Waals surface area contributed by atoms with Crippen LogP contribution in [0.5, 0.6) is 0 Å². The zero-order valence-electron chi connectivity index (χ0n) is 11.6. The first kappa shape index (κ1) is 15.2. The predicted molar refractivity (Wildman–Crippen MR) is 80.6 cm³/mol. The summed E-state index contributed by atoms with van der Waals surface area (Å²) in [4.78, 5) is 7.86. The second-order valence-electron chi connectivity index (χ2n) is 3.95. The van der Waals surface area contributed by atoms with Gasteiger partial charge in [-0.1, -0.05) is 20.4 Å². The minimum Gasteiger partial charge on any atom is -0.304 e. The first-order chi connectivity index (χ1) is 8.78. The van der Waals surface area contributed by atoms with Crippen LogP contribution in [0.25, 0.3) is 6.08 Å². The van der Waals surface area contributed by atoms with Crippen LogP contribution in [0.15, 0.2) is 29.8 Å². The summed E-state index contributed by atoms with van der Waals surface area (Å²) in [5, 5.41) is 0. The van der Waals surface area contributed by atoms with Gasteiger partial charge < -0.3 is 4.90 Å². The van der Waals surface area contributed by atoms with Crippen molar-refractivity contribution in [3.05, 3.63) is 30.6 Å². The summed E-state index contributed by atoms with van der Waals surface area (Å²) >= 11 is 1.80. The molecule has 1 fully saturated rings. The Bertz CT molecular complexity index is 343. The molecular weight excluding hydrogens is 242 g/mol. The zero-order chi connectivity index (χ0) is 13.4. The molecule has 0 atom stereocenters. The molecule has 18 heavy (non-hydrogen) atoms. The number of hydrogen-bond acceptors (Lipinski definition) is 4. The lowest BCUT2D eigenvalue weighted by molar-refractivity contribution is 0.233. The lowest BCUT2D eigenvalue weighted by Gasteiger charge is -2.31. The third kappa shape index (κ3) is 4.80. The van der Waals surface area contributed by atoms with Crippen LogP contribution in [0.2, 0.25) is 0 Å². The van der Waals surface area contributed by atoms with Crippen molar-refractivity contribution < 1.29 is 0 Å². The molecule has 1 aromatic heterocycles. The van der Waals surface area contributed by atoms with Gasteiger partial charge in [0, 0.05) is 37.3 Å². The van der Waals surface area contributed by atoms with E-state index in [4.69, 9.17) is 0 Å². The molecule has 0 aromatic carbocycles.